The fraction of sp³-hybridized carbons (Fsp3) is 0.348. The van der Waals surface area contributed by atoms with E-state index in [1.54, 1.807) is 40.0 Å². The molecule has 11 heteroatoms. The van der Waals surface area contributed by atoms with Crippen LogP contribution in [0.5, 0.6) is 0 Å². The van der Waals surface area contributed by atoms with Crippen LogP contribution in [0.3, 0.4) is 0 Å². The predicted molar refractivity (Wildman–Crippen MR) is 120 cm³/mol. The summed E-state index contributed by atoms with van der Waals surface area (Å²) in [4.78, 5) is 41.7. The monoisotopic (exact) mass is 477 g/mol. The maximum absolute atomic E-state index is 14.9. The number of anilines is 1. The lowest BCUT2D eigenvalue weighted by Gasteiger charge is -2.30. The van der Waals surface area contributed by atoms with E-state index in [-0.39, 0.29) is 23.7 Å². The average molecular weight is 477 g/mol. The molecule has 2 aromatic carbocycles. The van der Waals surface area contributed by atoms with Gasteiger partial charge in [-0.15, -0.1) is 0 Å². The number of halogens is 3. The lowest BCUT2D eigenvalue weighted by Crippen LogP contribution is -2.45. The number of alkyl halides is 2. The maximum atomic E-state index is 14.9. The van der Waals surface area contributed by atoms with Crippen molar-refractivity contribution in [1.82, 2.24) is 20.7 Å². The van der Waals surface area contributed by atoms with Gasteiger partial charge >= 0.3 is 18.4 Å². The second-order valence-electron chi connectivity index (χ2n) is 7.90. The van der Waals surface area contributed by atoms with E-state index in [0.717, 1.165) is 25.6 Å². The van der Waals surface area contributed by atoms with E-state index in [4.69, 9.17) is 0 Å². The Balaban J connectivity index is 1.78. The topological polar surface area (TPSA) is 85.0 Å². The number of hydrazine groups is 1. The van der Waals surface area contributed by atoms with Crippen LogP contribution in [0.2, 0.25) is 0 Å². The molecular formula is C23H26F3N5O3. The smallest absolute Gasteiger partial charge is 0.323 e. The van der Waals surface area contributed by atoms with E-state index in [0.29, 0.717) is 18.8 Å². The van der Waals surface area contributed by atoms with Crippen molar-refractivity contribution in [1.29, 1.82) is 0 Å². The molecule has 0 aromatic heterocycles. The SMILES string of the molecule is CN1CCCN(C(=O)N(Cc2ccc(C(=O)NNC(=O)C(F)F)cc2F)c2ccccc2)CC1. The van der Waals surface area contributed by atoms with Crippen LogP contribution in [-0.4, -0.2) is 67.3 Å². The highest BCUT2D eigenvalue weighted by Gasteiger charge is 2.25. The molecular weight excluding hydrogens is 451 g/mol. The van der Waals surface area contributed by atoms with E-state index in [1.165, 1.54) is 17.0 Å². The third-order valence-corrected chi connectivity index (χ3v) is 5.43. The summed E-state index contributed by atoms with van der Waals surface area (Å²) in [7, 11) is 1.99. The van der Waals surface area contributed by atoms with Gasteiger partial charge in [0.1, 0.15) is 5.82 Å². The van der Waals surface area contributed by atoms with E-state index < -0.39 is 24.1 Å². The number of nitrogens with zero attached hydrogens (tertiary/aromatic N) is 3. The van der Waals surface area contributed by atoms with Gasteiger partial charge in [-0.05, 0) is 44.3 Å². The van der Waals surface area contributed by atoms with Gasteiger partial charge in [-0.25, -0.2) is 9.18 Å². The number of urea groups is 1. The molecule has 1 aliphatic rings. The fourth-order valence-corrected chi connectivity index (χ4v) is 3.52. The van der Waals surface area contributed by atoms with Crippen molar-refractivity contribution in [3.05, 3.63) is 65.5 Å². The number of nitrogens with one attached hydrogen (secondary N) is 2. The molecule has 182 valence electrons. The van der Waals surface area contributed by atoms with Gasteiger partial charge in [0.15, 0.2) is 0 Å². The summed E-state index contributed by atoms with van der Waals surface area (Å²) >= 11 is 0. The van der Waals surface area contributed by atoms with Crippen LogP contribution in [0, 0.1) is 5.82 Å². The van der Waals surface area contributed by atoms with Gasteiger partial charge in [0, 0.05) is 36.4 Å². The molecule has 0 radical (unpaired) electrons. The number of rotatable bonds is 5. The number of likely N-dealkylation sites (N-methyl/N-ethyl adjacent to an activating group) is 1. The highest BCUT2D eigenvalue weighted by Crippen LogP contribution is 2.22. The first-order chi connectivity index (χ1) is 16.3. The van der Waals surface area contributed by atoms with Crippen molar-refractivity contribution >= 4 is 23.5 Å². The van der Waals surface area contributed by atoms with E-state index in [9.17, 15) is 27.6 Å². The molecule has 3 rings (SSSR count). The summed E-state index contributed by atoms with van der Waals surface area (Å²) in [6, 6.07) is 12.2. The van der Waals surface area contributed by atoms with Crippen molar-refractivity contribution in [2.45, 2.75) is 19.4 Å². The summed E-state index contributed by atoms with van der Waals surface area (Å²) in [6.45, 7) is 2.66. The van der Waals surface area contributed by atoms with Crippen LogP contribution in [0.25, 0.3) is 0 Å². The first kappa shape index (κ1) is 25.0. The summed E-state index contributed by atoms with van der Waals surface area (Å²) in [5, 5.41) is 0. The standard InChI is InChI=1S/C23H26F3N5O3/c1-29-10-5-11-30(13-12-29)23(34)31(18-6-3-2-4-7-18)15-17-9-8-16(14-19(17)24)21(32)27-28-22(33)20(25)26/h2-4,6-9,14,20H,5,10-13,15H2,1H3,(H,27,32)(H,28,33). The first-order valence-electron chi connectivity index (χ1n) is 10.7. The molecule has 2 aromatic rings. The highest BCUT2D eigenvalue weighted by atomic mass is 19.3. The molecule has 1 heterocycles. The van der Waals surface area contributed by atoms with Crippen LogP contribution in [0.1, 0.15) is 22.3 Å². The number of benzene rings is 2. The second kappa shape index (κ2) is 11.5. The molecule has 0 spiro atoms. The molecule has 1 fully saturated rings. The van der Waals surface area contributed by atoms with Crippen LogP contribution < -0.4 is 15.8 Å². The highest BCUT2D eigenvalue weighted by molar-refractivity contribution is 5.96. The quantitative estimate of drug-likeness (QED) is 0.649. The van der Waals surface area contributed by atoms with Crippen molar-refractivity contribution in [2.75, 3.05) is 38.1 Å². The van der Waals surface area contributed by atoms with Gasteiger partial charge in [-0.3, -0.25) is 25.3 Å². The zero-order valence-corrected chi connectivity index (χ0v) is 18.6. The molecule has 2 N–H and O–H groups in total. The fourth-order valence-electron chi connectivity index (χ4n) is 3.52. The average Bonchev–Trinajstić information content (AvgIpc) is 3.05. The molecule has 34 heavy (non-hydrogen) atoms. The number of carbonyl (C=O) groups is 3. The van der Waals surface area contributed by atoms with Crippen molar-refractivity contribution < 1.29 is 27.6 Å². The molecule has 0 atom stereocenters. The Morgan fingerprint density at radius 1 is 1.00 bits per heavy atom. The Morgan fingerprint density at radius 3 is 2.41 bits per heavy atom. The maximum Gasteiger partial charge on any atom is 0.324 e. The first-order valence-corrected chi connectivity index (χ1v) is 10.7. The van der Waals surface area contributed by atoms with Gasteiger partial charge in [0.2, 0.25) is 0 Å². The lowest BCUT2D eigenvalue weighted by molar-refractivity contribution is -0.132. The Morgan fingerprint density at radius 2 is 1.74 bits per heavy atom. The Kier molecular flexibility index (Phi) is 8.47. The van der Waals surface area contributed by atoms with Crippen LogP contribution in [0.15, 0.2) is 48.5 Å². The number of hydrogen-bond donors (Lipinski definition) is 2. The normalized spacial score (nSPS) is 14.4. The lowest BCUT2D eigenvalue weighted by atomic mass is 10.1. The van der Waals surface area contributed by atoms with Crippen LogP contribution in [0.4, 0.5) is 23.7 Å². The second-order valence-corrected chi connectivity index (χ2v) is 7.90. The molecule has 4 amide bonds. The zero-order valence-electron chi connectivity index (χ0n) is 18.6. The Bertz CT molecular complexity index is 1020. The number of carbonyl (C=O) groups excluding carboxylic acids is 3. The van der Waals surface area contributed by atoms with Gasteiger partial charge in [0.05, 0.1) is 6.54 Å². The van der Waals surface area contributed by atoms with Crippen LogP contribution in [-0.2, 0) is 11.3 Å². The van der Waals surface area contributed by atoms with E-state index >= 15 is 0 Å². The van der Waals surface area contributed by atoms with Gasteiger partial charge in [-0.1, -0.05) is 24.3 Å². The van der Waals surface area contributed by atoms with E-state index in [1.807, 2.05) is 13.1 Å². The van der Waals surface area contributed by atoms with Gasteiger partial charge in [0.25, 0.3) is 5.91 Å². The largest absolute Gasteiger partial charge is 0.324 e. The van der Waals surface area contributed by atoms with Crippen molar-refractivity contribution in [3.8, 4) is 0 Å². The molecule has 0 aliphatic carbocycles. The minimum atomic E-state index is -3.30. The van der Waals surface area contributed by atoms with Crippen LogP contribution >= 0.6 is 0 Å². The minimum Gasteiger partial charge on any atom is -0.323 e. The van der Waals surface area contributed by atoms with Crippen molar-refractivity contribution in [2.24, 2.45) is 0 Å². The summed E-state index contributed by atoms with van der Waals surface area (Å²) in [6.07, 6.45) is -2.48. The molecule has 1 aliphatic heterocycles. The summed E-state index contributed by atoms with van der Waals surface area (Å²) in [5.74, 6) is -3.39. The minimum absolute atomic E-state index is 0.0783. The predicted octanol–water partition coefficient (Wildman–Crippen LogP) is 2.62. The molecule has 8 nitrogen and oxygen atoms in total. The molecule has 0 unspecified atom stereocenters. The number of hydrogen-bond acceptors (Lipinski definition) is 4. The van der Waals surface area contributed by atoms with Gasteiger partial charge < -0.3 is 9.80 Å². The summed E-state index contributed by atoms with van der Waals surface area (Å²) < 4.78 is 39.4. The third-order valence-electron chi connectivity index (χ3n) is 5.43. The zero-order chi connectivity index (χ0) is 24.7. The number of para-hydroxylation sites is 1. The van der Waals surface area contributed by atoms with Gasteiger partial charge in [-0.2, -0.15) is 8.78 Å². The number of amides is 4. The molecule has 1 saturated heterocycles. The third kappa shape index (κ3) is 6.47. The summed E-state index contributed by atoms with van der Waals surface area (Å²) in [5.41, 5.74) is 3.94. The van der Waals surface area contributed by atoms with Crippen molar-refractivity contribution in [3.63, 3.8) is 0 Å². The molecule has 0 saturated carbocycles. The Labute approximate surface area is 195 Å². The Hall–Kier alpha value is -3.60. The van der Waals surface area contributed by atoms with E-state index in [2.05, 4.69) is 4.90 Å². The molecule has 0 bridgehead atoms.